The lowest BCUT2D eigenvalue weighted by Crippen LogP contribution is -2.07. The molecule has 0 unspecified atom stereocenters. The van der Waals surface area contributed by atoms with E-state index in [1.54, 1.807) is 25.6 Å². The monoisotopic (exact) mass is 221 g/mol. The minimum absolute atomic E-state index is 0.415. The lowest BCUT2D eigenvalue weighted by Gasteiger charge is -2.05. The van der Waals surface area contributed by atoms with Crippen LogP contribution in [0.5, 0.6) is 5.88 Å². The van der Waals surface area contributed by atoms with Gasteiger partial charge in [-0.05, 0) is 6.92 Å². The van der Waals surface area contributed by atoms with Gasteiger partial charge >= 0.3 is 0 Å². The molecule has 0 radical (unpaired) electrons. The van der Waals surface area contributed by atoms with Gasteiger partial charge in [0.15, 0.2) is 0 Å². The number of aromatic nitrogens is 2. The van der Waals surface area contributed by atoms with Crippen LogP contribution in [0.2, 0.25) is 0 Å². The summed E-state index contributed by atoms with van der Waals surface area (Å²) in [5.74, 6) is 0.903. The first kappa shape index (κ1) is 12.0. The van der Waals surface area contributed by atoms with E-state index in [1.165, 1.54) is 6.20 Å². The predicted molar refractivity (Wildman–Crippen MR) is 63.5 cm³/mol. The predicted octanol–water partition coefficient (Wildman–Crippen LogP) is 0.788. The van der Waals surface area contributed by atoms with E-state index < -0.39 is 0 Å². The van der Waals surface area contributed by atoms with Crippen molar-refractivity contribution in [2.75, 3.05) is 19.0 Å². The lowest BCUT2D eigenvalue weighted by atomic mass is 10.5. The van der Waals surface area contributed by atoms with Crippen LogP contribution < -0.4 is 15.8 Å². The summed E-state index contributed by atoms with van der Waals surface area (Å²) in [6.45, 7) is 2.63. The van der Waals surface area contributed by atoms with Gasteiger partial charge < -0.3 is 15.8 Å². The Hall–Kier alpha value is -2.11. The number of hydrogen-bond acceptors (Lipinski definition) is 6. The van der Waals surface area contributed by atoms with Crippen LogP contribution in [0.15, 0.2) is 29.2 Å². The Bertz CT molecular complexity index is 389. The zero-order valence-corrected chi connectivity index (χ0v) is 9.34. The van der Waals surface area contributed by atoms with Crippen molar-refractivity contribution >= 4 is 12.2 Å². The minimum Gasteiger partial charge on any atom is -0.481 e. The summed E-state index contributed by atoms with van der Waals surface area (Å²) in [5, 5.41) is 2.92. The molecule has 3 N–H and O–H groups in total. The van der Waals surface area contributed by atoms with E-state index >= 15 is 0 Å². The Balaban J connectivity index is 2.74. The standard InChI is InChI=1S/C10H15N5O/c1-3-12-7-8(6-11)14-10-13-5-4-9(15-10)16-2/h4-7H,3,11H2,1-2H3,(H,13,14,15). The zero-order valence-electron chi connectivity index (χ0n) is 9.34. The molecule has 0 aliphatic rings. The number of methoxy groups -OCH3 is 1. The first-order chi connectivity index (χ1) is 7.80. The molecule has 0 saturated heterocycles. The van der Waals surface area contributed by atoms with Crippen molar-refractivity contribution in [2.45, 2.75) is 6.92 Å². The van der Waals surface area contributed by atoms with Crippen LogP contribution in [0.1, 0.15) is 6.92 Å². The second-order valence-corrected chi connectivity index (χ2v) is 2.80. The third-order valence-electron chi connectivity index (χ3n) is 1.69. The van der Waals surface area contributed by atoms with Crippen LogP contribution in [0.25, 0.3) is 0 Å². The second kappa shape index (κ2) is 6.39. The molecule has 1 aromatic heterocycles. The highest BCUT2D eigenvalue weighted by Gasteiger charge is 1.99. The molecule has 1 heterocycles. The van der Waals surface area contributed by atoms with E-state index in [0.29, 0.717) is 24.1 Å². The van der Waals surface area contributed by atoms with Gasteiger partial charge in [0.25, 0.3) is 0 Å². The van der Waals surface area contributed by atoms with Gasteiger partial charge in [-0.1, -0.05) is 0 Å². The van der Waals surface area contributed by atoms with Crippen molar-refractivity contribution in [1.29, 1.82) is 0 Å². The first-order valence-electron chi connectivity index (χ1n) is 4.86. The van der Waals surface area contributed by atoms with Gasteiger partial charge in [0.05, 0.1) is 12.8 Å². The average molecular weight is 221 g/mol. The maximum atomic E-state index is 5.43. The topological polar surface area (TPSA) is 85.4 Å². The SMILES string of the molecule is CCN=CC(=CN)Nc1nccc(OC)n1. The van der Waals surface area contributed by atoms with Crippen LogP contribution in [0.3, 0.4) is 0 Å². The molecule has 0 atom stereocenters. The third-order valence-corrected chi connectivity index (χ3v) is 1.69. The fourth-order valence-corrected chi connectivity index (χ4v) is 0.952. The molecular weight excluding hydrogens is 206 g/mol. The van der Waals surface area contributed by atoms with Crippen molar-refractivity contribution < 1.29 is 4.74 Å². The maximum Gasteiger partial charge on any atom is 0.230 e. The molecule has 0 aliphatic heterocycles. The summed E-state index contributed by atoms with van der Waals surface area (Å²) in [4.78, 5) is 12.2. The summed E-state index contributed by atoms with van der Waals surface area (Å²) in [6, 6.07) is 1.66. The van der Waals surface area contributed by atoms with Gasteiger partial charge in [-0.25, -0.2) is 4.98 Å². The summed E-state index contributed by atoms with van der Waals surface area (Å²) in [6.07, 6.45) is 4.63. The van der Waals surface area contributed by atoms with Gasteiger partial charge in [0, 0.05) is 31.2 Å². The van der Waals surface area contributed by atoms with Crippen LogP contribution in [0.4, 0.5) is 5.95 Å². The summed E-state index contributed by atoms with van der Waals surface area (Å²) < 4.78 is 4.98. The molecule has 6 nitrogen and oxygen atoms in total. The molecule has 1 rings (SSSR count). The fraction of sp³-hybridized carbons (Fsp3) is 0.300. The average Bonchev–Trinajstić information content (AvgIpc) is 2.34. The van der Waals surface area contributed by atoms with Crippen molar-refractivity contribution in [2.24, 2.45) is 10.7 Å². The number of nitrogens with one attached hydrogen (secondary N) is 1. The number of hydrogen-bond donors (Lipinski definition) is 2. The van der Waals surface area contributed by atoms with Gasteiger partial charge in [-0.3, -0.25) is 4.99 Å². The number of nitrogens with two attached hydrogens (primary N) is 1. The van der Waals surface area contributed by atoms with Crippen molar-refractivity contribution in [3.8, 4) is 5.88 Å². The second-order valence-electron chi connectivity index (χ2n) is 2.80. The van der Waals surface area contributed by atoms with Crippen LogP contribution in [-0.2, 0) is 0 Å². The summed E-state index contributed by atoms with van der Waals surface area (Å²) in [5.41, 5.74) is 6.06. The Morgan fingerprint density at radius 3 is 3.12 bits per heavy atom. The van der Waals surface area contributed by atoms with Crippen molar-refractivity contribution in [3.63, 3.8) is 0 Å². The number of nitrogens with zero attached hydrogens (tertiary/aromatic N) is 3. The molecule has 6 heteroatoms. The number of ether oxygens (including phenoxy) is 1. The first-order valence-corrected chi connectivity index (χ1v) is 4.86. The fourth-order valence-electron chi connectivity index (χ4n) is 0.952. The maximum absolute atomic E-state index is 5.43. The molecule has 0 bridgehead atoms. The molecule has 16 heavy (non-hydrogen) atoms. The molecule has 0 aromatic carbocycles. The van der Waals surface area contributed by atoms with E-state index in [-0.39, 0.29) is 0 Å². The number of anilines is 1. The number of aliphatic imine (C=N–C) groups is 1. The quantitative estimate of drug-likeness (QED) is 0.718. The van der Waals surface area contributed by atoms with Gasteiger partial charge in [-0.2, -0.15) is 4.98 Å². The molecule has 1 aromatic rings. The molecule has 0 saturated carbocycles. The largest absolute Gasteiger partial charge is 0.481 e. The third kappa shape index (κ3) is 3.56. The summed E-state index contributed by atoms with van der Waals surface area (Å²) in [7, 11) is 1.55. The van der Waals surface area contributed by atoms with Crippen molar-refractivity contribution in [3.05, 3.63) is 24.2 Å². The normalized spacial score (nSPS) is 11.8. The smallest absolute Gasteiger partial charge is 0.230 e. The molecule has 0 aliphatic carbocycles. The minimum atomic E-state index is 0.415. The van der Waals surface area contributed by atoms with Crippen molar-refractivity contribution in [1.82, 2.24) is 9.97 Å². The van der Waals surface area contributed by atoms with Gasteiger partial charge in [0.2, 0.25) is 11.8 Å². The van der Waals surface area contributed by atoms with E-state index in [4.69, 9.17) is 10.5 Å². The van der Waals surface area contributed by atoms with Crippen LogP contribution in [0, 0.1) is 0 Å². The van der Waals surface area contributed by atoms with Crippen LogP contribution >= 0.6 is 0 Å². The Kier molecular flexibility index (Phi) is 4.78. The molecule has 0 amide bonds. The Labute approximate surface area is 94.3 Å². The zero-order chi connectivity index (χ0) is 11.8. The highest BCUT2D eigenvalue weighted by molar-refractivity contribution is 5.81. The van der Waals surface area contributed by atoms with Gasteiger partial charge in [-0.15, -0.1) is 0 Å². The lowest BCUT2D eigenvalue weighted by molar-refractivity contribution is 0.397. The number of rotatable bonds is 5. The van der Waals surface area contributed by atoms with E-state index in [9.17, 15) is 0 Å². The molecule has 86 valence electrons. The Morgan fingerprint density at radius 2 is 2.50 bits per heavy atom. The highest BCUT2D eigenvalue weighted by Crippen LogP contribution is 2.08. The van der Waals surface area contributed by atoms with E-state index in [2.05, 4.69) is 20.3 Å². The molecular formula is C10H15N5O. The number of allylic oxidation sites excluding steroid dienone is 1. The summed E-state index contributed by atoms with van der Waals surface area (Å²) >= 11 is 0. The van der Waals surface area contributed by atoms with Crippen LogP contribution in [-0.4, -0.2) is 29.8 Å². The Morgan fingerprint density at radius 1 is 1.69 bits per heavy atom. The highest BCUT2D eigenvalue weighted by atomic mass is 16.5. The van der Waals surface area contributed by atoms with Gasteiger partial charge in [0.1, 0.15) is 0 Å². The van der Waals surface area contributed by atoms with E-state index in [0.717, 1.165) is 0 Å². The van der Waals surface area contributed by atoms with E-state index in [1.807, 2.05) is 6.92 Å². The molecule has 0 spiro atoms. The molecule has 0 fully saturated rings.